The molecule has 0 aromatic heterocycles. The first-order valence-electron chi connectivity index (χ1n) is 4.88. The summed E-state index contributed by atoms with van der Waals surface area (Å²) in [6.07, 6.45) is 0.535. The van der Waals surface area contributed by atoms with Gasteiger partial charge in [0, 0.05) is 0 Å². The zero-order chi connectivity index (χ0) is 11.1. The van der Waals surface area contributed by atoms with Gasteiger partial charge in [-0.05, 0) is 18.6 Å². The molecule has 15 heavy (non-hydrogen) atoms. The zero-order valence-corrected chi connectivity index (χ0v) is 8.64. The van der Waals surface area contributed by atoms with E-state index in [1.54, 1.807) is 0 Å². The van der Waals surface area contributed by atoms with Gasteiger partial charge >= 0.3 is 5.97 Å². The Bertz CT molecular complexity index is 300. The van der Waals surface area contributed by atoms with Crippen molar-refractivity contribution in [3.05, 3.63) is 30.3 Å². The number of hydrogen-bond donors (Lipinski definition) is 2. The Hall–Kier alpha value is -1.55. The second-order valence-electron chi connectivity index (χ2n) is 3.10. The van der Waals surface area contributed by atoms with Crippen LogP contribution in [0.1, 0.15) is 13.3 Å². The Balaban J connectivity index is 2.30. The quantitative estimate of drug-likeness (QED) is 0.697. The lowest BCUT2D eigenvalue weighted by Crippen LogP contribution is -2.38. The highest BCUT2D eigenvalue weighted by Gasteiger charge is 2.13. The maximum absolute atomic E-state index is 10.7. The molecule has 0 amide bonds. The third kappa shape index (κ3) is 3.99. The number of ether oxygens (including phenoxy) is 1. The molecule has 0 radical (unpaired) electrons. The van der Waals surface area contributed by atoms with Gasteiger partial charge in [0.05, 0.1) is 0 Å². The van der Waals surface area contributed by atoms with Crippen LogP contribution in [0.15, 0.2) is 30.3 Å². The van der Waals surface area contributed by atoms with Gasteiger partial charge in [0.2, 0.25) is 0 Å². The van der Waals surface area contributed by atoms with Crippen LogP contribution in [0.4, 0.5) is 0 Å². The summed E-state index contributed by atoms with van der Waals surface area (Å²) in [5.74, 6) is -0.126. The van der Waals surface area contributed by atoms with E-state index in [4.69, 9.17) is 9.84 Å². The third-order valence-corrected chi connectivity index (χ3v) is 2.02. The monoisotopic (exact) mass is 209 g/mol. The SMILES string of the molecule is CCC(NCOc1ccccc1)C(=O)O. The molecule has 4 nitrogen and oxygen atoms in total. The smallest absolute Gasteiger partial charge is 0.320 e. The van der Waals surface area contributed by atoms with Gasteiger partial charge in [-0.2, -0.15) is 0 Å². The number of carboxylic acids is 1. The van der Waals surface area contributed by atoms with Crippen LogP contribution in [0.25, 0.3) is 0 Å². The highest BCUT2D eigenvalue weighted by Crippen LogP contribution is 2.07. The number of nitrogens with one attached hydrogen (secondary N) is 1. The fourth-order valence-corrected chi connectivity index (χ4v) is 1.15. The van der Waals surface area contributed by atoms with E-state index in [0.29, 0.717) is 6.42 Å². The van der Waals surface area contributed by atoms with Gasteiger partial charge in [-0.3, -0.25) is 10.1 Å². The molecule has 1 rings (SSSR count). The molecule has 1 aromatic rings. The van der Waals surface area contributed by atoms with Crippen LogP contribution in [0.3, 0.4) is 0 Å². The lowest BCUT2D eigenvalue weighted by molar-refractivity contribution is -0.139. The molecule has 0 bridgehead atoms. The Morgan fingerprint density at radius 2 is 2.13 bits per heavy atom. The van der Waals surface area contributed by atoms with Crippen LogP contribution in [-0.4, -0.2) is 23.8 Å². The highest BCUT2D eigenvalue weighted by molar-refractivity contribution is 5.73. The van der Waals surface area contributed by atoms with Crippen molar-refractivity contribution < 1.29 is 14.6 Å². The van der Waals surface area contributed by atoms with E-state index in [9.17, 15) is 4.79 Å². The van der Waals surface area contributed by atoms with Crippen molar-refractivity contribution in [1.82, 2.24) is 5.32 Å². The van der Waals surface area contributed by atoms with E-state index in [-0.39, 0.29) is 6.73 Å². The van der Waals surface area contributed by atoms with E-state index in [1.807, 2.05) is 37.3 Å². The van der Waals surface area contributed by atoms with Crippen LogP contribution in [0, 0.1) is 0 Å². The Morgan fingerprint density at radius 3 is 2.67 bits per heavy atom. The van der Waals surface area contributed by atoms with Crippen LogP contribution < -0.4 is 10.1 Å². The van der Waals surface area contributed by atoms with Crippen molar-refractivity contribution in [2.45, 2.75) is 19.4 Å². The van der Waals surface area contributed by atoms with Crippen molar-refractivity contribution in [1.29, 1.82) is 0 Å². The lowest BCUT2D eigenvalue weighted by atomic mass is 10.2. The summed E-state index contributed by atoms with van der Waals surface area (Å²) in [4.78, 5) is 10.7. The first-order chi connectivity index (χ1) is 7.24. The molecule has 0 aliphatic rings. The number of rotatable bonds is 6. The molecule has 0 aliphatic heterocycles. The van der Waals surface area contributed by atoms with E-state index >= 15 is 0 Å². The molecular weight excluding hydrogens is 194 g/mol. The largest absolute Gasteiger partial charge is 0.480 e. The minimum Gasteiger partial charge on any atom is -0.480 e. The molecule has 1 atom stereocenters. The van der Waals surface area contributed by atoms with Gasteiger partial charge in [0.1, 0.15) is 18.5 Å². The number of para-hydroxylation sites is 1. The number of carbonyl (C=O) groups is 1. The molecule has 0 spiro atoms. The minimum absolute atomic E-state index is 0.203. The molecule has 0 saturated carbocycles. The van der Waals surface area contributed by atoms with Crippen molar-refractivity contribution in [2.75, 3.05) is 6.73 Å². The molecule has 2 N–H and O–H groups in total. The number of hydrogen-bond acceptors (Lipinski definition) is 3. The molecule has 4 heteroatoms. The fourth-order valence-electron chi connectivity index (χ4n) is 1.15. The predicted molar refractivity (Wildman–Crippen MR) is 56.8 cm³/mol. The summed E-state index contributed by atoms with van der Waals surface area (Å²) in [5.41, 5.74) is 0. The maximum Gasteiger partial charge on any atom is 0.320 e. The minimum atomic E-state index is -0.853. The van der Waals surface area contributed by atoms with E-state index in [2.05, 4.69) is 5.32 Å². The number of benzene rings is 1. The molecule has 0 saturated heterocycles. The normalized spacial score (nSPS) is 12.1. The average molecular weight is 209 g/mol. The second-order valence-corrected chi connectivity index (χ2v) is 3.10. The van der Waals surface area contributed by atoms with Crippen molar-refractivity contribution >= 4 is 5.97 Å². The van der Waals surface area contributed by atoms with Crippen LogP contribution in [-0.2, 0) is 4.79 Å². The van der Waals surface area contributed by atoms with Gasteiger partial charge in [-0.15, -0.1) is 0 Å². The van der Waals surface area contributed by atoms with E-state index in [1.165, 1.54) is 0 Å². The number of carboxylic acid groups (broad SMARTS) is 1. The Kier molecular flexibility index (Phi) is 4.63. The van der Waals surface area contributed by atoms with Gasteiger partial charge < -0.3 is 9.84 Å². The highest BCUT2D eigenvalue weighted by atomic mass is 16.5. The topological polar surface area (TPSA) is 58.6 Å². The zero-order valence-electron chi connectivity index (χ0n) is 8.64. The van der Waals surface area contributed by atoms with Crippen molar-refractivity contribution in [3.63, 3.8) is 0 Å². The predicted octanol–water partition coefficient (Wildman–Crippen LogP) is 1.48. The van der Waals surface area contributed by atoms with Crippen LogP contribution >= 0.6 is 0 Å². The molecule has 0 aliphatic carbocycles. The lowest BCUT2D eigenvalue weighted by Gasteiger charge is -2.12. The molecule has 0 heterocycles. The first-order valence-corrected chi connectivity index (χ1v) is 4.88. The molecule has 82 valence electrons. The van der Waals surface area contributed by atoms with Crippen molar-refractivity contribution in [3.8, 4) is 5.75 Å². The molecule has 1 aromatic carbocycles. The average Bonchev–Trinajstić information content (AvgIpc) is 2.25. The van der Waals surface area contributed by atoms with Gasteiger partial charge in [0.15, 0.2) is 0 Å². The molecule has 0 fully saturated rings. The Morgan fingerprint density at radius 1 is 1.47 bits per heavy atom. The summed E-state index contributed by atoms with van der Waals surface area (Å²) in [5, 5.41) is 11.5. The van der Waals surface area contributed by atoms with Gasteiger partial charge in [0.25, 0.3) is 0 Å². The van der Waals surface area contributed by atoms with Crippen LogP contribution in [0.5, 0.6) is 5.75 Å². The summed E-state index contributed by atoms with van der Waals surface area (Å²) >= 11 is 0. The fraction of sp³-hybridized carbons (Fsp3) is 0.364. The number of aliphatic carboxylic acids is 1. The molecule has 1 unspecified atom stereocenters. The summed E-state index contributed by atoms with van der Waals surface area (Å²) < 4.78 is 5.31. The second kappa shape index (κ2) is 6.03. The van der Waals surface area contributed by atoms with Gasteiger partial charge in [-0.1, -0.05) is 25.1 Å². The van der Waals surface area contributed by atoms with Crippen molar-refractivity contribution in [2.24, 2.45) is 0 Å². The Labute approximate surface area is 88.9 Å². The van der Waals surface area contributed by atoms with Gasteiger partial charge in [-0.25, -0.2) is 0 Å². The maximum atomic E-state index is 10.7. The van der Waals surface area contributed by atoms with E-state index in [0.717, 1.165) is 5.75 Å². The standard InChI is InChI=1S/C11H15NO3/c1-2-10(11(13)14)12-8-15-9-6-4-3-5-7-9/h3-7,10,12H,2,8H2,1H3,(H,13,14). The van der Waals surface area contributed by atoms with E-state index < -0.39 is 12.0 Å². The summed E-state index contributed by atoms with van der Waals surface area (Å²) in [6.45, 7) is 2.02. The molecular formula is C11H15NO3. The summed E-state index contributed by atoms with van der Waals surface area (Å²) in [7, 11) is 0. The third-order valence-electron chi connectivity index (χ3n) is 2.02. The first kappa shape index (κ1) is 11.5. The van der Waals surface area contributed by atoms with Crippen LogP contribution in [0.2, 0.25) is 0 Å². The summed E-state index contributed by atoms with van der Waals surface area (Å²) in [6, 6.07) is 8.72.